The molecule has 6 nitrogen and oxygen atoms in total. The van der Waals surface area contributed by atoms with Crippen molar-refractivity contribution in [3.05, 3.63) is 146 Å². The predicted molar refractivity (Wildman–Crippen MR) is 306 cm³/mol. The first kappa shape index (κ1) is 66.3. The van der Waals surface area contributed by atoms with Gasteiger partial charge in [0.05, 0.1) is 0 Å². The molecule has 0 aromatic carbocycles. The molecule has 0 aromatic heterocycles. The molecular weight excluding hydrogens is 877 g/mol. The van der Waals surface area contributed by atoms with Crippen LogP contribution in [0.25, 0.3) is 0 Å². The Hall–Kier alpha value is -4.71. The zero-order chi connectivity index (χ0) is 51.4. The third-order valence-electron chi connectivity index (χ3n) is 11.3. The lowest BCUT2D eigenvalue weighted by Crippen LogP contribution is -2.30. The van der Waals surface area contributed by atoms with Gasteiger partial charge in [0.1, 0.15) is 13.2 Å². The third kappa shape index (κ3) is 56.1. The van der Waals surface area contributed by atoms with Crippen LogP contribution in [0.15, 0.2) is 146 Å². The van der Waals surface area contributed by atoms with Crippen molar-refractivity contribution in [2.75, 3.05) is 13.2 Å². The number of carbonyl (C=O) groups is 3. The highest BCUT2D eigenvalue weighted by Crippen LogP contribution is 2.12. The molecule has 6 heteroatoms. The lowest BCUT2D eigenvalue weighted by molar-refractivity contribution is -0.167. The Bertz CT molecular complexity index is 1590. The van der Waals surface area contributed by atoms with Crippen LogP contribution in [0.5, 0.6) is 0 Å². The maximum Gasteiger partial charge on any atom is 0.306 e. The van der Waals surface area contributed by atoms with Gasteiger partial charge in [0.2, 0.25) is 0 Å². The zero-order valence-corrected chi connectivity index (χ0v) is 45.4. The summed E-state index contributed by atoms with van der Waals surface area (Å²) < 4.78 is 16.7. The van der Waals surface area contributed by atoms with Crippen molar-refractivity contribution < 1.29 is 28.6 Å². The minimum absolute atomic E-state index is 0.130. The molecule has 0 aromatic rings. The Kier molecular flexibility index (Phi) is 54.0. The fraction of sp³-hybridized carbons (Fsp3) is 0.585. The average Bonchev–Trinajstić information content (AvgIpc) is 3.37. The van der Waals surface area contributed by atoms with Gasteiger partial charge in [0, 0.05) is 19.3 Å². The Morgan fingerprint density at radius 2 is 0.563 bits per heavy atom. The highest BCUT2D eigenvalue weighted by Gasteiger charge is 2.19. The molecule has 0 spiro atoms. The van der Waals surface area contributed by atoms with Gasteiger partial charge >= 0.3 is 17.9 Å². The largest absolute Gasteiger partial charge is 0.462 e. The van der Waals surface area contributed by atoms with Crippen LogP contribution in [0, 0.1) is 0 Å². The molecule has 0 aliphatic rings. The molecule has 0 heterocycles. The summed E-state index contributed by atoms with van der Waals surface area (Å²) in [7, 11) is 0. The summed E-state index contributed by atoms with van der Waals surface area (Å²) in [4.78, 5) is 38.1. The Morgan fingerprint density at radius 3 is 0.915 bits per heavy atom. The van der Waals surface area contributed by atoms with Crippen molar-refractivity contribution in [1.82, 2.24) is 0 Å². The lowest BCUT2D eigenvalue weighted by Gasteiger charge is -2.18. The SMILES string of the molecule is CC/C=C\C/C=C\C/C=C\C/C=C\C/C=C\CCCC(=O)OC(COC(=O)CCC/C=C\C/C=C\C/C=C\CCCCCCCC)COC(=O)CCCCCCCC/C=C\C/C=C\C/C=C\C/C=C\CC. The third-order valence-corrected chi connectivity index (χ3v) is 11.3. The second-order valence-electron chi connectivity index (χ2n) is 18.1. The van der Waals surface area contributed by atoms with E-state index in [-0.39, 0.29) is 44.0 Å². The maximum atomic E-state index is 12.8. The van der Waals surface area contributed by atoms with Gasteiger partial charge < -0.3 is 14.2 Å². The molecule has 71 heavy (non-hydrogen) atoms. The van der Waals surface area contributed by atoms with Gasteiger partial charge in [-0.3, -0.25) is 14.4 Å². The summed E-state index contributed by atoms with van der Waals surface area (Å²) >= 11 is 0. The molecule has 0 radical (unpaired) electrons. The Balaban J connectivity index is 4.60. The van der Waals surface area contributed by atoms with Crippen molar-refractivity contribution in [2.24, 2.45) is 0 Å². The van der Waals surface area contributed by atoms with E-state index in [2.05, 4.69) is 167 Å². The van der Waals surface area contributed by atoms with E-state index in [1.807, 2.05) is 0 Å². The van der Waals surface area contributed by atoms with Crippen LogP contribution >= 0.6 is 0 Å². The molecule has 0 N–H and O–H groups in total. The summed E-state index contributed by atoms with van der Waals surface area (Å²) in [6.07, 6.45) is 82.7. The van der Waals surface area contributed by atoms with Crippen molar-refractivity contribution in [3.8, 4) is 0 Å². The summed E-state index contributed by atoms with van der Waals surface area (Å²) in [6, 6.07) is 0. The van der Waals surface area contributed by atoms with Gasteiger partial charge in [-0.2, -0.15) is 0 Å². The van der Waals surface area contributed by atoms with E-state index in [9.17, 15) is 14.4 Å². The molecule has 0 aliphatic carbocycles. The summed E-state index contributed by atoms with van der Waals surface area (Å²) in [5.74, 6) is -1.06. The van der Waals surface area contributed by atoms with E-state index in [1.165, 1.54) is 57.8 Å². The van der Waals surface area contributed by atoms with Crippen LogP contribution in [-0.4, -0.2) is 37.2 Å². The van der Waals surface area contributed by atoms with Gasteiger partial charge in [-0.25, -0.2) is 0 Å². The highest BCUT2D eigenvalue weighted by molar-refractivity contribution is 5.71. The number of hydrogen-bond donors (Lipinski definition) is 0. The van der Waals surface area contributed by atoms with Crippen molar-refractivity contribution in [1.29, 1.82) is 0 Å². The number of rotatable bonds is 49. The van der Waals surface area contributed by atoms with E-state index in [0.717, 1.165) is 116 Å². The summed E-state index contributed by atoms with van der Waals surface area (Å²) in [5.41, 5.74) is 0. The average molecular weight is 980 g/mol. The van der Waals surface area contributed by atoms with Crippen molar-refractivity contribution in [3.63, 3.8) is 0 Å². The van der Waals surface area contributed by atoms with E-state index >= 15 is 0 Å². The second-order valence-corrected chi connectivity index (χ2v) is 18.1. The normalized spacial score (nSPS) is 13.2. The first-order chi connectivity index (χ1) is 35.0. The molecular formula is C65H102O6. The van der Waals surface area contributed by atoms with E-state index in [4.69, 9.17) is 14.2 Å². The van der Waals surface area contributed by atoms with Gasteiger partial charge in [-0.1, -0.05) is 224 Å². The van der Waals surface area contributed by atoms with E-state index in [1.54, 1.807) is 0 Å². The summed E-state index contributed by atoms with van der Waals surface area (Å²) in [5, 5.41) is 0. The smallest absolute Gasteiger partial charge is 0.306 e. The fourth-order valence-electron chi connectivity index (χ4n) is 7.13. The van der Waals surface area contributed by atoms with Crippen LogP contribution in [-0.2, 0) is 28.6 Å². The monoisotopic (exact) mass is 979 g/mol. The van der Waals surface area contributed by atoms with Crippen LogP contribution in [0.3, 0.4) is 0 Å². The molecule has 0 aliphatic heterocycles. The van der Waals surface area contributed by atoms with Crippen LogP contribution < -0.4 is 0 Å². The number of unbranched alkanes of at least 4 members (excludes halogenated alkanes) is 14. The Labute approximate surface area is 436 Å². The minimum Gasteiger partial charge on any atom is -0.462 e. The lowest BCUT2D eigenvalue weighted by atomic mass is 10.1. The topological polar surface area (TPSA) is 78.9 Å². The van der Waals surface area contributed by atoms with E-state index < -0.39 is 6.10 Å². The minimum atomic E-state index is -0.841. The van der Waals surface area contributed by atoms with Crippen LogP contribution in [0.4, 0.5) is 0 Å². The summed E-state index contributed by atoms with van der Waals surface area (Å²) in [6.45, 7) is 6.29. The number of carbonyl (C=O) groups excluding carboxylic acids is 3. The zero-order valence-electron chi connectivity index (χ0n) is 45.4. The van der Waals surface area contributed by atoms with Crippen LogP contribution in [0.1, 0.15) is 226 Å². The van der Waals surface area contributed by atoms with Crippen molar-refractivity contribution in [2.45, 2.75) is 232 Å². The number of esters is 3. The molecule has 0 amide bonds. The first-order valence-corrected chi connectivity index (χ1v) is 28.3. The number of ether oxygens (including phenoxy) is 3. The molecule has 0 bridgehead atoms. The second kappa shape index (κ2) is 57.9. The van der Waals surface area contributed by atoms with Gasteiger partial charge in [0.25, 0.3) is 0 Å². The Morgan fingerprint density at radius 1 is 0.296 bits per heavy atom. The predicted octanol–water partition coefficient (Wildman–Crippen LogP) is 19.2. The highest BCUT2D eigenvalue weighted by atomic mass is 16.6. The molecule has 0 rings (SSSR count). The van der Waals surface area contributed by atoms with Gasteiger partial charge in [-0.15, -0.1) is 0 Å². The molecule has 398 valence electrons. The van der Waals surface area contributed by atoms with Gasteiger partial charge in [-0.05, 0) is 128 Å². The number of hydrogen-bond acceptors (Lipinski definition) is 6. The number of allylic oxidation sites excluding steroid dienone is 24. The maximum absolute atomic E-state index is 12.8. The fourth-order valence-corrected chi connectivity index (χ4v) is 7.13. The van der Waals surface area contributed by atoms with Gasteiger partial charge in [0.15, 0.2) is 6.10 Å². The first-order valence-electron chi connectivity index (χ1n) is 28.3. The van der Waals surface area contributed by atoms with Crippen molar-refractivity contribution >= 4 is 17.9 Å². The van der Waals surface area contributed by atoms with Crippen LogP contribution in [0.2, 0.25) is 0 Å². The quantitative estimate of drug-likeness (QED) is 0.0262. The molecule has 0 saturated heterocycles. The molecule has 0 fully saturated rings. The molecule has 0 saturated carbocycles. The molecule has 1 atom stereocenters. The molecule has 1 unspecified atom stereocenters. The van der Waals surface area contributed by atoms with E-state index in [0.29, 0.717) is 19.3 Å². The standard InChI is InChI=1S/C65H102O6/c1-4-7-10-13-16-19-22-25-28-31-32-35-37-40-43-46-49-52-55-58-64(67)70-61-62(71-65(68)59-56-53-50-47-44-41-38-34-30-27-24-21-18-15-12-9-6-3)60-69-63(66)57-54-51-48-45-42-39-36-33-29-26-23-20-17-14-11-8-5-2/h7,9-10,12,16,18-19,21,25-30,32,35-36,38-39,41,45,47-48,50,62H,4-6,8,11,13-15,17,20,22-24,31,33-34,37,40,42-44,46,49,51-61H2,1-3H3/b10-7-,12-9-,19-16-,21-18-,28-25-,29-26-,30-27-,35-32-,39-36-,41-38-,48-45-,50-47-.